The topological polar surface area (TPSA) is 89.3 Å². The SMILES string of the molecule is CCc1nc(-c2ccc(OC)cc2)n(-c2cccc(C(=O)NCCc3ccc(O)cc3)c2)n1. The number of nitrogens with zero attached hydrogens (tertiary/aromatic N) is 3. The van der Waals surface area contributed by atoms with Crippen LogP contribution >= 0.6 is 0 Å². The molecule has 2 N–H and O–H groups in total. The van der Waals surface area contributed by atoms with Crippen molar-refractivity contribution >= 4 is 5.91 Å². The van der Waals surface area contributed by atoms with E-state index in [-0.39, 0.29) is 11.7 Å². The van der Waals surface area contributed by atoms with Gasteiger partial charge in [0.25, 0.3) is 5.91 Å². The van der Waals surface area contributed by atoms with Gasteiger partial charge in [-0.1, -0.05) is 25.1 Å². The molecule has 0 spiro atoms. The van der Waals surface area contributed by atoms with E-state index in [1.807, 2.05) is 61.5 Å². The zero-order valence-corrected chi connectivity index (χ0v) is 18.7. The summed E-state index contributed by atoms with van der Waals surface area (Å²) in [6, 6.07) is 22.0. The van der Waals surface area contributed by atoms with Crippen LogP contribution in [-0.4, -0.2) is 39.4 Å². The van der Waals surface area contributed by atoms with E-state index < -0.39 is 0 Å². The highest BCUT2D eigenvalue weighted by atomic mass is 16.5. The van der Waals surface area contributed by atoms with E-state index >= 15 is 0 Å². The number of aromatic hydroxyl groups is 1. The molecule has 7 nitrogen and oxygen atoms in total. The molecule has 0 saturated heterocycles. The molecule has 0 fully saturated rings. The van der Waals surface area contributed by atoms with Gasteiger partial charge in [-0.2, -0.15) is 5.10 Å². The first-order valence-corrected chi connectivity index (χ1v) is 10.8. The van der Waals surface area contributed by atoms with Gasteiger partial charge in [0.2, 0.25) is 0 Å². The second-order valence-corrected chi connectivity index (χ2v) is 7.57. The number of ether oxygens (including phenoxy) is 1. The molecule has 1 amide bonds. The molecule has 0 saturated carbocycles. The van der Waals surface area contributed by atoms with E-state index in [1.54, 1.807) is 30.0 Å². The number of benzene rings is 3. The van der Waals surface area contributed by atoms with Crippen molar-refractivity contribution in [2.45, 2.75) is 19.8 Å². The van der Waals surface area contributed by atoms with Gasteiger partial charge in [0.15, 0.2) is 11.6 Å². The lowest BCUT2D eigenvalue weighted by Gasteiger charge is -2.10. The summed E-state index contributed by atoms with van der Waals surface area (Å²) in [4.78, 5) is 17.4. The molecule has 0 atom stereocenters. The summed E-state index contributed by atoms with van der Waals surface area (Å²) in [5.41, 5.74) is 3.26. The molecule has 1 heterocycles. The first-order valence-electron chi connectivity index (χ1n) is 10.8. The number of methoxy groups -OCH3 is 1. The monoisotopic (exact) mass is 442 g/mol. The average Bonchev–Trinajstić information content (AvgIpc) is 3.30. The zero-order chi connectivity index (χ0) is 23.2. The summed E-state index contributed by atoms with van der Waals surface area (Å²) < 4.78 is 7.03. The second kappa shape index (κ2) is 9.99. The van der Waals surface area contributed by atoms with Crippen molar-refractivity contribution < 1.29 is 14.6 Å². The van der Waals surface area contributed by atoms with Crippen molar-refractivity contribution in [3.8, 4) is 28.6 Å². The summed E-state index contributed by atoms with van der Waals surface area (Å²) in [7, 11) is 1.63. The van der Waals surface area contributed by atoms with Gasteiger partial charge in [0, 0.05) is 24.1 Å². The standard InChI is InChI=1S/C26H26N4O3/c1-3-24-28-25(19-9-13-23(33-2)14-10-19)30(29-24)21-6-4-5-20(17-21)26(32)27-16-15-18-7-11-22(31)12-8-18/h4-14,17,31H,3,15-16H2,1-2H3,(H,27,32). The first kappa shape index (κ1) is 22.1. The van der Waals surface area contributed by atoms with Gasteiger partial charge in [-0.05, 0) is 66.6 Å². The summed E-state index contributed by atoms with van der Waals surface area (Å²) in [6.07, 6.45) is 1.38. The number of aryl methyl sites for hydroxylation is 1. The number of phenols is 1. The lowest BCUT2D eigenvalue weighted by molar-refractivity contribution is 0.0954. The smallest absolute Gasteiger partial charge is 0.251 e. The number of nitrogens with one attached hydrogen (secondary N) is 1. The minimum Gasteiger partial charge on any atom is -0.508 e. The van der Waals surface area contributed by atoms with Crippen LogP contribution in [0.5, 0.6) is 11.5 Å². The highest BCUT2D eigenvalue weighted by Crippen LogP contribution is 2.24. The third-order valence-corrected chi connectivity index (χ3v) is 5.30. The number of phenolic OH excluding ortho intramolecular Hbond substituents is 1. The number of amides is 1. The molecular formula is C26H26N4O3. The molecule has 0 radical (unpaired) electrons. The largest absolute Gasteiger partial charge is 0.508 e. The van der Waals surface area contributed by atoms with Gasteiger partial charge in [-0.3, -0.25) is 4.79 Å². The molecule has 4 aromatic rings. The Bertz CT molecular complexity index is 1230. The fourth-order valence-corrected chi connectivity index (χ4v) is 3.48. The van der Waals surface area contributed by atoms with Crippen molar-refractivity contribution in [1.82, 2.24) is 20.1 Å². The van der Waals surface area contributed by atoms with Gasteiger partial charge in [0.05, 0.1) is 12.8 Å². The average molecular weight is 443 g/mol. The lowest BCUT2D eigenvalue weighted by Crippen LogP contribution is -2.25. The van der Waals surface area contributed by atoms with Crippen LogP contribution in [0, 0.1) is 0 Å². The molecule has 0 aliphatic rings. The number of carbonyl (C=O) groups is 1. The highest BCUT2D eigenvalue weighted by molar-refractivity contribution is 5.94. The fraction of sp³-hybridized carbons (Fsp3) is 0.192. The highest BCUT2D eigenvalue weighted by Gasteiger charge is 2.15. The van der Waals surface area contributed by atoms with E-state index in [4.69, 9.17) is 4.74 Å². The van der Waals surface area contributed by atoms with Gasteiger partial charge >= 0.3 is 0 Å². The Labute approximate surface area is 192 Å². The van der Waals surface area contributed by atoms with E-state index in [0.717, 1.165) is 28.4 Å². The van der Waals surface area contributed by atoms with E-state index in [2.05, 4.69) is 15.4 Å². The van der Waals surface area contributed by atoms with Crippen LogP contribution < -0.4 is 10.1 Å². The molecule has 0 aliphatic carbocycles. The third-order valence-electron chi connectivity index (χ3n) is 5.30. The van der Waals surface area contributed by atoms with Crippen LogP contribution in [0.3, 0.4) is 0 Å². The van der Waals surface area contributed by atoms with Crippen molar-refractivity contribution in [3.63, 3.8) is 0 Å². The van der Waals surface area contributed by atoms with E-state index in [9.17, 15) is 9.90 Å². The Balaban J connectivity index is 1.53. The predicted molar refractivity (Wildman–Crippen MR) is 127 cm³/mol. The van der Waals surface area contributed by atoms with Gasteiger partial charge in [0.1, 0.15) is 11.5 Å². The molecule has 3 aromatic carbocycles. The molecule has 168 valence electrons. The van der Waals surface area contributed by atoms with Crippen molar-refractivity contribution in [1.29, 1.82) is 0 Å². The minimum absolute atomic E-state index is 0.155. The Hall–Kier alpha value is -4.13. The van der Waals surface area contributed by atoms with Crippen molar-refractivity contribution in [2.24, 2.45) is 0 Å². The van der Waals surface area contributed by atoms with Crippen LogP contribution in [0.4, 0.5) is 0 Å². The Kier molecular flexibility index (Phi) is 6.69. The van der Waals surface area contributed by atoms with Crippen LogP contribution in [-0.2, 0) is 12.8 Å². The molecule has 7 heteroatoms. The Morgan fingerprint density at radius 2 is 1.82 bits per heavy atom. The number of carbonyl (C=O) groups excluding carboxylic acids is 1. The third kappa shape index (κ3) is 5.20. The van der Waals surface area contributed by atoms with Gasteiger partial charge in [-0.25, -0.2) is 9.67 Å². The van der Waals surface area contributed by atoms with Gasteiger partial charge < -0.3 is 15.2 Å². The number of aromatic nitrogens is 3. The quantitative estimate of drug-likeness (QED) is 0.427. The molecule has 0 bridgehead atoms. The van der Waals surface area contributed by atoms with E-state index in [1.165, 1.54) is 0 Å². The lowest BCUT2D eigenvalue weighted by atomic mass is 10.1. The van der Waals surface area contributed by atoms with Crippen LogP contribution in [0.15, 0.2) is 72.8 Å². The molecule has 0 aliphatic heterocycles. The summed E-state index contributed by atoms with van der Waals surface area (Å²) in [5, 5.41) is 17.0. The second-order valence-electron chi connectivity index (χ2n) is 7.57. The van der Waals surface area contributed by atoms with Crippen molar-refractivity contribution in [3.05, 3.63) is 89.7 Å². The Morgan fingerprint density at radius 1 is 1.06 bits per heavy atom. The molecule has 33 heavy (non-hydrogen) atoms. The fourth-order valence-electron chi connectivity index (χ4n) is 3.48. The summed E-state index contributed by atoms with van der Waals surface area (Å²) >= 11 is 0. The maximum atomic E-state index is 12.7. The van der Waals surface area contributed by atoms with Crippen LogP contribution in [0.1, 0.15) is 28.7 Å². The van der Waals surface area contributed by atoms with E-state index in [0.29, 0.717) is 30.8 Å². The minimum atomic E-state index is -0.155. The van der Waals surface area contributed by atoms with Crippen LogP contribution in [0.2, 0.25) is 0 Å². The Morgan fingerprint density at radius 3 is 2.52 bits per heavy atom. The van der Waals surface area contributed by atoms with Crippen LogP contribution in [0.25, 0.3) is 17.1 Å². The maximum Gasteiger partial charge on any atom is 0.251 e. The summed E-state index contributed by atoms with van der Waals surface area (Å²) in [5.74, 6) is 2.28. The molecule has 4 rings (SSSR count). The maximum absolute atomic E-state index is 12.7. The van der Waals surface area contributed by atoms with Gasteiger partial charge in [-0.15, -0.1) is 0 Å². The number of hydrogen-bond acceptors (Lipinski definition) is 5. The molecular weight excluding hydrogens is 416 g/mol. The molecule has 1 aromatic heterocycles. The predicted octanol–water partition coefficient (Wildman–Crippen LogP) is 4.18. The number of rotatable bonds is 8. The summed E-state index contributed by atoms with van der Waals surface area (Å²) in [6.45, 7) is 2.50. The normalized spacial score (nSPS) is 10.7. The van der Waals surface area contributed by atoms with Crippen molar-refractivity contribution in [2.75, 3.05) is 13.7 Å². The zero-order valence-electron chi connectivity index (χ0n) is 18.7. The molecule has 0 unspecified atom stereocenters. The number of hydrogen-bond donors (Lipinski definition) is 2. The first-order chi connectivity index (χ1) is 16.1.